The molecule has 0 amide bonds. The van der Waals surface area contributed by atoms with Gasteiger partial charge >= 0.3 is 0 Å². The van der Waals surface area contributed by atoms with Crippen LogP contribution in [0.25, 0.3) is 10.8 Å². The molecule has 2 aromatic rings. The number of carbonyl (C=O) groups is 1. The largest absolute Gasteiger partial charge is 0.298 e. The van der Waals surface area contributed by atoms with Gasteiger partial charge < -0.3 is 0 Å². The lowest BCUT2D eigenvalue weighted by atomic mass is 9.63. The molecule has 0 fully saturated rings. The lowest BCUT2D eigenvalue weighted by Crippen LogP contribution is -2.32. The zero-order valence-corrected chi connectivity index (χ0v) is 15.8. The number of ketones is 1. The molecule has 0 aliphatic heterocycles. The van der Waals surface area contributed by atoms with E-state index in [1.54, 1.807) is 0 Å². The summed E-state index contributed by atoms with van der Waals surface area (Å²) in [6.45, 7) is 4.39. The molecule has 27 heavy (non-hydrogen) atoms. The fourth-order valence-electron chi connectivity index (χ4n) is 5.86. The third-order valence-electron chi connectivity index (χ3n) is 6.93. The highest BCUT2D eigenvalue weighted by Gasteiger charge is 2.44. The van der Waals surface area contributed by atoms with Gasteiger partial charge in [-0.25, -0.2) is 0 Å². The van der Waals surface area contributed by atoms with Gasteiger partial charge in [0.2, 0.25) is 0 Å². The van der Waals surface area contributed by atoms with Gasteiger partial charge in [-0.15, -0.1) is 0 Å². The second-order valence-corrected chi connectivity index (χ2v) is 8.40. The summed E-state index contributed by atoms with van der Waals surface area (Å²) in [5, 5.41) is 2.69. The Morgan fingerprint density at radius 1 is 0.926 bits per heavy atom. The van der Waals surface area contributed by atoms with E-state index in [4.69, 9.17) is 0 Å². The zero-order chi connectivity index (χ0) is 18.3. The summed E-state index contributed by atoms with van der Waals surface area (Å²) in [6.07, 6.45) is 14.1. The van der Waals surface area contributed by atoms with Crippen LogP contribution in [0.2, 0.25) is 0 Å². The van der Waals surface area contributed by atoms with E-state index in [9.17, 15) is 4.79 Å². The summed E-state index contributed by atoms with van der Waals surface area (Å²) in [6, 6.07) is 6.83. The number of aryl methyl sites for hydroxylation is 2. The lowest BCUT2D eigenvalue weighted by Gasteiger charge is -2.38. The van der Waals surface area contributed by atoms with Gasteiger partial charge in [-0.2, -0.15) is 0 Å². The summed E-state index contributed by atoms with van der Waals surface area (Å²) in [4.78, 5) is 14.0. The number of Topliss-reactive ketones (excluding diaryl/α,β-unsaturated/α-hetero) is 1. The molecular weight excluding hydrogens is 328 g/mol. The molecule has 0 saturated heterocycles. The van der Waals surface area contributed by atoms with Crippen LogP contribution in [0.3, 0.4) is 0 Å². The van der Waals surface area contributed by atoms with Crippen molar-refractivity contribution >= 4 is 16.6 Å². The quantitative estimate of drug-likeness (QED) is 0.625. The highest BCUT2D eigenvalue weighted by Crippen LogP contribution is 2.54. The van der Waals surface area contributed by atoms with Crippen LogP contribution < -0.4 is 0 Å². The zero-order valence-electron chi connectivity index (χ0n) is 15.8. The van der Waals surface area contributed by atoms with Crippen molar-refractivity contribution in [1.29, 1.82) is 0 Å². The Hall–Kier alpha value is -2.67. The number of hydrogen-bond acceptors (Lipinski definition) is 1. The van der Waals surface area contributed by atoms with Crippen LogP contribution in [0.5, 0.6) is 0 Å². The monoisotopic (exact) mass is 350 g/mol. The first-order valence-electron chi connectivity index (χ1n) is 10.0. The fourth-order valence-corrected chi connectivity index (χ4v) is 5.86. The molecule has 2 unspecified atom stereocenters. The number of carbonyl (C=O) groups excluding carboxylic acids is 1. The summed E-state index contributed by atoms with van der Waals surface area (Å²) >= 11 is 0. The van der Waals surface area contributed by atoms with E-state index < -0.39 is 0 Å². The second kappa shape index (κ2) is 5.19. The van der Waals surface area contributed by atoms with Gasteiger partial charge in [-0.3, -0.25) is 4.79 Å². The van der Waals surface area contributed by atoms with Gasteiger partial charge in [0.15, 0.2) is 5.78 Å². The van der Waals surface area contributed by atoms with Crippen LogP contribution in [0.4, 0.5) is 0 Å². The lowest BCUT2D eigenvalue weighted by molar-refractivity contribution is -0.120. The molecule has 0 N–H and O–H groups in total. The molecule has 2 aromatic carbocycles. The average molecular weight is 350 g/mol. The number of benzene rings is 2. The molecule has 1 heteroatoms. The molecular formula is C26H22O. The first-order chi connectivity index (χ1) is 13.1. The van der Waals surface area contributed by atoms with Crippen LogP contribution in [0, 0.1) is 13.8 Å². The number of fused-ring (bicyclic) bond motifs is 2. The SMILES string of the molecule is Cc1cc(C)c2ccc3c4c2c1C(C1=CCC=C1)C(=O)C4C1=CCC=C1C3. The maximum atomic E-state index is 14.0. The molecule has 0 heterocycles. The van der Waals surface area contributed by atoms with E-state index in [1.165, 1.54) is 55.3 Å². The smallest absolute Gasteiger partial charge is 0.156 e. The van der Waals surface area contributed by atoms with Crippen LogP contribution in [-0.2, 0) is 11.2 Å². The minimum Gasteiger partial charge on any atom is -0.298 e. The molecule has 1 nitrogen and oxygen atoms in total. The van der Waals surface area contributed by atoms with E-state index in [0.717, 1.165) is 19.3 Å². The summed E-state index contributed by atoms with van der Waals surface area (Å²) in [5.41, 5.74) is 10.4. The van der Waals surface area contributed by atoms with Gasteiger partial charge in [-0.05, 0) is 88.4 Å². The molecule has 0 aromatic heterocycles. The van der Waals surface area contributed by atoms with E-state index in [0.29, 0.717) is 5.78 Å². The Kier molecular flexibility index (Phi) is 2.96. The van der Waals surface area contributed by atoms with Crippen LogP contribution in [0.15, 0.2) is 65.3 Å². The average Bonchev–Trinajstić information content (AvgIpc) is 3.33. The van der Waals surface area contributed by atoms with E-state index in [1.807, 2.05) is 0 Å². The molecule has 0 saturated carbocycles. The van der Waals surface area contributed by atoms with Crippen LogP contribution in [0.1, 0.15) is 52.5 Å². The summed E-state index contributed by atoms with van der Waals surface area (Å²) in [5.74, 6) is 0.167. The fraction of sp³-hybridized carbons (Fsp3) is 0.269. The van der Waals surface area contributed by atoms with Gasteiger partial charge in [0.05, 0.1) is 11.8 Å². The molecule has 132 valence electrons. The van der Waals surface area contributed by atoms with Gasteiger partial charge in [-0.1, -0.05) is 48.6 Å². The first kappa shape index (κ1) is 15.4. The minimum atomic E-state index is -0.125. The molecule has 6 rings (SSSR count). The normalized spacial score (nSPS) is 24.8. The Bertz CT molecular complexity index is 1180. The van der Waals surface area contributed by atoms with Crippen molar-refractivity contribution in [2.24, 2.45) is 0 Å². The molecule has 0 spiro atoms. The van der Waals surface area contributed by atoms with E-state index >= 15 is 0 Å². The number of rotatable bonds is 1. The van der Waals surface area contributed by atoms with Crippen molar-refractivity contribution in [3.63, 3.8) is 0 Å². The highest BCUT2D eigenvalue weighted by atomic mass is 16.1. The van der Waals surface area contributed by atoms with Crippen molar-refractivity contribution in [2.75, 3.05) is 0 Å². The van der Waals surface area contributed by atoms with Crippen molar-refractivity contribution in [1.82, 2.24) is 0 Å². The Morgan fingerprint density at radius 3 is 2.63 bits per heavy atom. The van der Waals surface area contributed by atoms with Gasteiger partial charge in [0.1, 0.15) is 0 Å². The summed E-state index contributed by atoms with van der Waals surface area (Å²) < 4.78 is 0. The Labute approximate surface area is 159 Å². The van der Waals surface area contributed by atoms with Crippen molar-refractivity contribution in [3.05, 3.63) is 93.1 Å². The van der Waals surface area contributed by atoms with Gasteiger partial charge in [0.25, 0.3) is 0 Å². The molecule has 4 aliphatic carbocycles. The molecule has 0 bridgehead atoms. The third-order valence-corrected chi connectivity index (χ3v) is 6.93. The molecule has 0 radical (unpaired) electrons. The van der Waals surface area contributed by atoms with Crippen LogP contribution in [-0.4, -0.2) is 5.78 Å². The molecule has 2 atom stereocenters. The standard InChI is InChI=1S/C26H22O/c1-14-12-15(2)21-23(16-6-3-4-7-16)26(27)25-20-9-5-8-17(20)13-18-10-11-19(14)24(21)22(18)25/h3,6-12,23,25H,4-5,13H2,1-2H3. The predicted octanol–water partition coefficient (Wildman–Crippen LogP) is 5.91. The number of hydrogen-bond donors (Lipinski definition) is 0. The van der Waals surface area contributed by atoms with Crippen molar-refractivity contribution in [2.45, 2.75) is 44.9 Å². The first-order valence-corrected chi connectivity index (χ1v) is 10.0. The Morgan fingerprint density at radius 2 is 1.81 bits per heavy atom. The maximum Gasteiger partial charge on any atom is 0.156 e. The van der Waals surface area contributed by atoms with Crippen molar-refractivity contribution < 1.29 is 4.79 Å². The molecule has 4 aliphatic rings. The van der Waals surface area contributed by atoms with Crippen molar-refractivity contribution in [3.8, 4) is 0 Å². The highest BCUT2D eigenvalue weighted by molar-refractivity contribution is 6.11. The van der Waals surface area contributed by atoms with Gasteiger partial charge in [0, 0.05) is 0 Å². The maximum absolute atomic E-state index is 14.0. The van der Waals surface area contributed by atoms with E-state index in [-0.39, 0.29) is 11.8 Å². The van der Waals surface area contributed by atoms with Crippen LogP contribution >= 0.6 is 0 Å². The van der Waals surface area contributed by atoms with E-state index in [2.05, 4.69) is 62.4 Å². The Balaban J connectivity index is 1.79. The topological polar surface area (TPSA) is 17.1 Å². The number of allylic oxidation sites excluding steroid dienone is 8. The minimum absolute atomic E-state index is 0.0835. The summed E-state index contributed by atoms with van der Waals surface area (Å²) in [7, 11) is 0. The third kappa shape index (κ3) is 1.87. The second-order valence-electron chi connectivity index (χ2n) is 8.40. The predicted molar refractivity (Wildman–Crippen MR) is 110 cm³/mol.